The number of benzene rings is 3. The van der Waals surface area contributed by atoms with Crippen LogP contribution in [-0.2, 0) is 13.0 Å². The third-order valence-corrected chi connectivity index (χ3v) is 5.68. The second kappa shape index (κ2) is 8.33. The van der Waals surface area contributed by atoms with Crippen LogP contribution in [0.2, 0.25) is 0 Å². The topological polar surface area (TPSA) is 47.3 Å². The van der Waals surface area contributed by atoms with Crippen LogP contribution in [0, 0.1) is 0 Å². The number of ether oxygens (including phenoxy) is 1. The Bertz CT molecular complexity index is 1110. The van der Waals surface area contributed by atoms with Crippen molar-refractivity contribution >= 4 is 37.7 Å². The molecule has 0 spiro atoms. The first-order valence-electron chi connectivity index (χ1n) is 9.59. The summed E-state index contributed by atoms with van der Waals surface area (Å²) >= 11 is 3.64. The van der Waals surface area contributed by atoms with E-state index in [2.05, 4.69) is 45.6 Å². The molecule has 1 atom stereocenters. The van der Waals surface area contributed by atoms with Crippen LogP contribution >= 0.6 is 15.9 Å². The molecule has 1 heterocycles. The largest absolute Gasteiger partial charge is 0.490 e. The summed E-state index contributed by atoms with van der Waals surface area (Å²) in [6.07, 6.45) is 1.27. The molecule has 4 aromatic rings. The Balaban J connectivity index is 1.51. The lowest BCUT2D eigenvalue weighted by Gasteiger charge is -2.17. The molecule has 0 saturated heterocycles. The molecule has 4 rings (SSSR count). The highest BCUT2D eigenvalue weighted by Crippen LogP contribution is 2.33. The molecule has 0 bridgehead atoms. The molecule has 0 saturated carbocycles. The van der Waals surface area contributed by atoms with E-state index >= 15 is 0 Å². The van der Waals surface area contributed by atoms with Gasteiger partial charge in [-0.1, -0.05) is 49.4 Å². The molecule has 0 aliphatic heterocycles. The Labute approximate surface area is 172 Å². The third kappa shape index (κ3) is 3.77. The smallest absolute Gasteiger partial charge is 0.134 e. The number of hydrogen-bond donors (Lipinski definition) is 1. The Morgan fingerprint density at radius 1 is 1.07 bits per heavy atom. The average molecular weight is 439 g/mol. The standard InChI is InChI=1S/C23H23BrN2O2/c1-2-7-22-25-19-10-5-6-11-20(19)26(22)14-17(27)15-28-21-13-12-16-8-3-4-9-18(16)23(21)24/h3-6,8-13,17,27H,2,7,14-15H2,1H3/t17-/m1/s1. The summed E-state index contributed by atoms with van der Waals surface area (Å²) in [5.74, 6) is 1.75. The van der Waals surface area contributed by atoms with Crippen molar-refractivity contribution in [3.63, 3.8) is 0 Å². The van der Waals surface area contributed by atoms with E-state index < -0.39 is 6.10 Å². The molecule has 0 amide bonds. The fourth-order valence-electron chi connectivity index (χ4n) is 3.52. The molecule has 0 radical (unpaired) electrons. The van der Waals surface area contributed by atoms with Crippen molar-refractivity contribution in [1.29, 1.82) is 0 Å². The number of halogens is 1. The molecule has 3 aromatic carbocycles. The van der Waals surface area contributed by atoms with Gasteiger partial charge >= 0.3 is 0 Å². The number of aliphatic hydroxyl groups excluding tert-OH is 1. The molecule has 1 aromatic heterocycles. The molecule has 144 valence electrons. The van der Waals surface area contributed by atoms with E-state index in [-0.39, 0.29) is 6.61 Å². The molecular weight excluding hydrogens is 416 g/mol. The Hall–Kier alpha value is -2.37. The van der Waals surface area contributed by atoms with Crippen LogP contribution in [0.5, 0.6) is 5.75 Å². The van der Waals surface area contributed by atoms with E-state index in [1.807, 2.05) is 42.5 Å². The Kier molecular flexibility index (Phi) is 5.64. The zero-order valence-electron chi connectivity index (χ0n) is 15.8. The summed E-state index contributed by atoms with van der Waals surface area (Å²) in [5.41, 5.74) is 2.02. The minimum absolute atomic E-state index is 0.217. The number of rotatable bonds is 7. The molecular formula is C23H23BrN2O2. The van der Waals surface area contributed by atoms with Gasteiger partial charge in [0.1, 0.15) is 24.3 Å². The number of aromatic nitrogens is 2. The lowest BCUT2D eigenvalue weighted by Crippen LogP contribution is -2.24. The summed E-state index contributed by atoms with van der Waals surface area (Å²) in [7, 11) is 0. The summed E-state index contributed by atoms with van der Waals surface area (Å²) in [5, 5.41) is 12.9. The van der Waals surface area contributed by atoms with Gasteiger partial charge in [0.15, 0.2) is 0 Å². The highest BCUT2D eigenvalue weighted by molar-refractivity contribution is 9.10. The maximum atomic E-state index is 10.6. The van der Waals surface area contributed by atoms with Crippen molar-refractivity contribution < 1.29 is 9.84 Å². The predicted octanol–water partition coefficient (Wildman–Crippen LogP) is 5.34. The van der Waals surface area contributed by atoms with E-state index in [1.54, 1.807) is 0 Å². The average Bonchev–Trinajstić information content (AvgIpc) is 3.05. The van der Waals surface area contributed by atoms with Crippen molar-refractivity contribution in [3.05, 3.63) is 71.0 Å². The molecule has 0 aliphatic rings. The van der Waals surface area contributed by atoms with Gasteiger partial charge in [0, 0.05) is 6.42 Å². The van der Waals surface area contributed by atoms with Crippen LogP contribution in [0.25, 0.3) is 21.8 Å². The van der Waals surface area contributed by atoms with Crippen molar-refractivity contribution in [2.75, 3.05) is 6.61 Å². The molecule has 28 heavy (non-hydrogen) atoms. The van der Waals surface area contributed by atoms with Gasteiger partial charge < -0.3 is 14.4 Å². The number of aliphatic hydroxyl groups is 1. The first-order chi connectivity index (χ1) is 13.7. The van der Waals surface area contributed by atoms with Gasteiger partial charge in [0.2, 0.25) is 0 Å². The zero-order valence-corrected chi connectivity index (χ0v) is 17.4. The highest BCUT2D eigenvalue weighted by atomic mass is 79.9. The maximum absolute atomic E-state index is 10.6. The normalized spacial score (nSPS) is 12.5. The minimum atomic E-state index is -0.633. The zero-order chi connectivity index (χ0) is 19.5. The SMILES string of the molecule is CCCc1nc2ccccc2n1C[C@@H](O)COc1ccc2ccccc2c1Br. The number of hydrogen-bond acceptors (Lipinski definition) is 3. The second-order valence-electron chi connectivity index (χ2n) is 6.94. The predicted molar refractivity (Wildman–Crippen MR) is 117 cm³/mol. The van der Waals surface area contributed by atoms with Gasteiger partial charge in [-0.15, -0.1) is 0 Å². The van der Waals surface area contributed by atoms with Gasteiger partial charge in [-0.25, -0.2) is 4.98 Å². The lowest BCUT2D eigenvalue weighted by molar-refractivity contribution is 0.0924. The quantitative estimate of drug-likeness (QED) is 0.423. The van der Waals surface area contributed by atoms with Crippen LogP contribution in [0.1, 0.15) is 19.2 Å². The van der Waals surface area contributed by atoms with E-state index in [1.165, 1.54) is 0 Å². The molecule has 0 unspecified atom stereocenters. The van der Waals surface area contributed by atoms with E-state index in [9.17, 15) is 5.11 Å². The third-order valence-electron chi connectivity index (χ3n) is 4.86. The van der Waals surface area contributed by atoms with Crippen LogP contribution in [-0.4, -0.2) is 27.4 Å². The number of imidazole rings is 1. The fourth-order valence-corrected chi connectivity index (χ4v) is 4.13. The highest BCUT2D eigenvalue weighted by Gasteiger charge is 2.15. The van der Waals surface area contributed by atoms with Crippen molar-refractivity contribution in [1.82, 2.24) is 9.55 Å². The molecule has 5 heteroatoms. The van der Waals surface area contributed by atoms with Gasteiger partial charge in [-0.05, 0) is 51.3 Å². The number of nitrogens with zero attached hydrogens (tertiary/aromatic N) is 2. The Morgan fingerprint density at radius 3 is 2.71 bits per heavy atom. The fraction of sp³-hybridized carbons (Fsp3) is 0.261. The molecule has 0 fully saturated rings. The monoisotopic (exact) mass is 438 g/mol. The number of fused-ring (bicyclic) bond motifs is 2. The summed E-state index contributed by atoms with van der Waals surface area (Å²) in [6.45, 7) is 2.82. The van der Waals surface area contributed by atoms with Gasteiger partial charge in [0.25, 0.3) is 0 Å². The number of aryl methyl sites for hydroxylation is 1. The van der Waals surface area contributed by atoms with E-state index in [4.69, 9.17) is 9.72 Å². The van der Waals surface area contributed by atoms with E-state index in [0.717, 1.165) is 50.7 Å². The Morgan fingerprint density at radius 2 is 1.86 bits per heavy atom. The van der Waals surface area contributed by atoms with Crippen molar-refractivity contribution in [3.8, 4) is 5.75 Å². The minimum Gasteiger partial charge on any atom is -0.490 e. The van der Waals surface area contributed by atoms with Crippen molar-refractivity contribution in [2.24, 2.45) is 0 Å². The van der Waals surface area contributed by atoms with Crippen LogP contribution in [0.4, 0.5) is 0 Å². The van der Waals surface area contributed by atoms with E-state index in [0.29, 0.717) is 6.54 Å². The second-order valence-corrected chi connectivity index (χ2v) is 7.73. The first-order valence-corrected chi connectivity index (χ1v) is 10.4. The van der Waals surface area contributed by atoms with Crippen LogP contribution < -0.4 is 4.74 Å². The maximum Gasteiger partial charge on any atom is 0.134 e. The summed E-state index contributed by atoms with van der Waals surface area (Å²) in [4.78, 5) is 4.73. The molecule has 1 N–H and O–H groups in total. The molecule has 0 aliphatic carbocycles. The summed E-state index contributed by atoms with van der Waals surface area (Å²) in [6, 6.07) is 20.2. The molecule has 4 nitrogen and oxygen atoms in total. The van der Waals surface area contributed by atoms with Crippen LogP contribution in [0.15, 0.2) is 65.1 Å². The van der Waals surface area contributed by atoms with Crippen LogP contribution in [0.3, 0.4) is 0 Å². The number of para-hydroxylation sites is 2. The summed E-state index contributed by atoms with van der Waals surface area (Å²) < 4.78 is 8.96. The lowest BCUT2D eigenvalue weighted by atomic mass is 10.1. The van der Waals surface area contributed by atoms with Crippen molar-refractivity contribution in [2.45, 2.75) is 32.4 Å². The van der Waals surface area contributed by atoms with Gasteiger partial charge in [-0.3, -0.25) is 0 Å². The van der Waals surface area contributed by atoms with Gasteiger partial charge in [-0.2, -0.15) is 0 Å². The van der Waals surface area contributed by atoms with Gasteiger partial charge in [0.05, 0.1) is 22.1 Å². The first kappa shape index (κ1) is 19.0.